The first kappa shape index (κ1) is 20.4. The molecular formula is C25H24BrNO4. The molecule has 3 atom stereocenters. The van der Waals surface area contributed by atoms with Gasteiger partial charge in [0.1, 0.15) is 5.75 Å². The van der Waals surface area contributed by atoms with Gasteiger partial charge in [-0.1, -0.05) is 65.5 Å². The van der Waals surface area contributed by atoms with Crippen LogP contribution >= 0.6 is 15.9 Å². The molecule has 0 radical (unpaired) electrons. The molecule has 0 aromatic heterocycles. The third-order valence-corrected chi connectivity index (χ3v) is 7.91. The quantitative estimate of drug-likeness (QED) is 0.295. The van der Waals surface area contributed by atoms with Gasteiger partial charge < -0.3 is 10.1 Å². The zero-order valence-electron chi connectivity index (χ0n) is 17.3. The lowest BCUT2D eigenvalue weighted by molar-refractivity contribution is -0.149. The van der Waals surface area contributed by atoms with Gasteiger partial charge in [0.05, 0.1) is 5.41 Å². The largest absolute Gasteiger partial charge is 0.425 e. The molecule has 5 rings (SSSR count). The van der Waals surface area contributed by atoms with E-state index in [1.165, 1.54) is 0 Å². The lowest BCUT2D eigenvalue weighted by Gasteiger charge is -2.28. The number of ether oxygens (including phenoxy) is 1. The van der Waals surface area contributed by atoms with Crippen LogP contribution in [0.1, 0.15) is 60.9 Å². The number of benzene rings is 2. The first-order valence-electron chi connectivity index (χ1n) is 10.8. The number of amides is 1. The maximum atomic E-state index is 13.8. The molecular weight excluding hydrogens is 458 g/mol. The van der Waals surface area contributed by atoms with Crippen molar-refractivity contribution in [1.82, 2.24) is 5.32 Å². The van der Waals surface area contributed by atoms with Gasteiger partial charge in [0.15, 0.2) is 11.2 Å². The van der Waals surface area contributed by atoms with Crippen LogP contribution in [0.25, 0.3) is 0 Å². The normalized spacial score (nSPS) is 29.4. The van der Waals surface area contributed by atoms with Gasteiger partial charge in [-0.05, 0) is 38.0 Å². The Labute approximate surface area is 189 Å². The molecule has 0 unspecified atom stereocenters. The van der Waals surface area contributed by atoms with E-state index in [0.717, 1.165) is 42.1 Å². The van der Waals surface area contributed by atoms with Crippen LogP contribution in [0.15, 0.2) is 53.0 Å². The highest BCUT2D eigenvalue weighted by Gasteiger charge is 2.88. The SMILES string of the molecule is C[C@@]1(C(=O)c2ccc(Br)cc2)[C@@H]2c3ccccc3OC(=O)[C@@]21C(=O)NC1CCCCC1. The van der Waals surface area contributed by atoms with Crippen LogP contribution in [0, 0.1) is 10.8 Å². The topological polar surface area (TPSA) is 72.5 Å². The summed E-state index contributed by atoms with van der Waals surface area (Å²) in [6.45, 7) is 1.74. The van der Waals surface area contributed by atoms with E-state index in [0.29, 0.717) is 11.3 Å². The second-order valence-corrected chi connectivity index (χ2v) is 9.93. The fraction of sp³-hybridized carbons (Fsp3) is 0.400. The first-order chi connectivity index (χ1) is 14.9. The van der Waals surface area contributed by atoms with Gasteiger partial charge in [-0.2, -0.15) is 0 Å². The molecule has 3 aliphatic rings. The third kappa shape index (κ3) is 2.84. The van der Waals surface area contributed by atoms with E-state index in [1.807, 2.05) is 12.1 Å². The number of rotatable bonds is 4. The molecule has 2 saturated carbocycles. The second kappa shape index (κ2) is 7.30. The van der Waals surface area contributed by atoms with E-state index in [1.54, 1.807) is 43.3 Å². The summed E-state index contributed by atoms with van der Waals surface area (Å²) in [5.74, 6) is -1.32. The molecule has 160 valence electrons. The summed E-state index contributed by atoms with van der Waals surface area (Å²) in [5.41, 5.74) is -1.52. The number of halogens is 1. The molecule has 2 aromatic rings. The monoisotopic (exact) mass is 481 g/mol. The number of Topliss-reactive ketones (excluding diaryl/α,β-unsaturated/α-hetero) is 1. The lowest BCUT2D eigenvalue weighted by atomic mass is 9.85. The summed E-state index contributed by atoms with van der Waals surface area (Å²) in [4.78, 5) is 40.8. The Morgan fingerprint density at radius 2 is 1.71 bits per heavy atom. The van der Waals surface area contributed by atoms with Crippen LogP contribution in [0.5, 0.6) is 5.75 Å². The van der Waals surface area contributed by atoms with Crippen LogP contribution in [-0.2, 0) is 9.59 Å². The molecule has 1 heterocycles. The Kier molecular flexibility index (Phi) is 4.81. The fourth-order valence-corrected chi connectivity index (χ4v) is 5.97. The molecule has 1 N–H and O–H groups in total. The number of hydrogen-bond donors (Lipinski definition) is 1. The predicted octanol–water partition coefficient (Wildman–Crippen LogP) is 4.79. The Morgan fingerprint density at radius 1 is 1.03 bits per heavy atom. The van der Waals surface area contributed by atoms with E-state index in [2.05, 4.69) is 21.2 Å². The molecule has 1 amide bonds. The van der Waals surface area contributed by atoms with Gasteiger partial charge in [-0.25, -0.2) is 0 Å². The van der Waals surface area contributed by atoms with Crippen molar-refractivity contribution in [2.45, 2.75) is 51.0 Å². The van der Waals surface area contributed by atoms with Gasteiger partial charge in [0.25, 0.3) is 0 Å². The van der Waals surface area contributed by atoms with Crippen molar-refractivity contribution in [2.24, 2.45) is 10.8 Å². The maximum absolute atomic E-state index is 13.8. The van der Waals surface area contributed by atoms with Gasteiger partial charge in [0.2, 0.25) is 5.91 Å². The highest BCUT2D eigenvalue weighted by atomic mass is 79.9. The van der Waals surface area contributed by atoms with Crippen LogP contribution in [0.4, 0.5) is 0 Å². The number of para-hydroxylation sites is 1. The molecule has 0 bridgehead atoms. The lowest BCUT2D eigenvalue weighted by Crippen LogP contribution is -2.49. The van der Waals surface area contributed by atoms with Gasteiger partial charge >= 0.3 is 5.97 Å². The van der Waals surface area contributed by atoms with E-state index in [4.69, 9.17) is 4.74 Å². The zero-order valence-corrected chi connectivity index (χ0v) is 18.9. The molecule has 2 aromatic carbocycles. The number of fused-ring (bicyclic) bond motifs is 3. The number of nitrogens with one attached hydrogen (secondary N) is 1. The van der Waals surface area contributed by atoms with Crippen LogP contribution in [-0.4, -0.2) is 23.7 Å². The van der Waals surface area contributed by atoms with Crippen molar-refractivity contribution >= 4 is 33.6 Å². The summed E-state index contributed by atoms with van der Waals surface area (Å²) in [7, 11) is 0. The summed E-state index contributed by atoms with van der Waals surface area (Å²) in [6, 6.07) is 14.3. The molecule has 1 aliphatic heterocycles. The summed E-state index contributed by atoms with van der Waals surface area (Å²) < 4.78 is 6.50. The van der Waals surface area contributed by atoms with E-state index in [-0.39, 0.29) is 17.7 Å². The Morgan fingerprint density at radius 3 is 2.42 bits per heavy atom. The smallest absolute Gasteiger partial charge is 0.328 e. The van der Waals surface area contributed by atoms with Gasteiger partial charge in [-0.15, -0.1) is 0 Å². The minimum Gasteiger partial charge on any atom is -0.425 e. The average molecular weight is 482 g/mol. The molecule has 2 fully saturated rings. The highest BCUT2D eigenvalue weighted by Crippen LogP contribution is 2.78. The highest BCUT2D eigenvalue weighted by molar-refractivity contribution is 9.10. The summed E-state index contributed by atoms with van der Waals surface area (Å²) in [5, 5.41) is 3.10. The number of carbonyl (C=O) groups is 3. The Bertz CT molecular complexity index is 1080. The second-order valence-electron chi connectivity index (χ2n) is 9.02. The maximum Gasteiger partial charge on any atom is 0.328 e. The minimum absolute atomic E-state index is 0.0360. The molecule has 2 aliphatic carbocycles. The fourth-order valence-electron chi connectivity index (χ4n) is 5.70. The molecule has 31 heavy (non-hydrogen) atoms. The zero-order chi connectivity index (χ0) is 21.8. The van der Waals surface area contributed by atoms with Gasteiger partial charge in [0, 0.05) is 27.6 Å². The molecule has 0 spiro atoms. The number of carbonyl (C=O) groups excluding carboxylic acids is 3. The summed E-state index contributed by atoms with van der Waals surface area (Å²) >= 11 is 3.39. The Balaban J connectivity index is 1.59. The van der Waals surface area contributed by atoms with Crippen molar-refractivity contribution in [3.63, 3.8) is 0 Å². The van der Waals surface area contributed by atoms with Crippen LogP contribution in [0.2, 0.25) is 0 Å². The van der Waals surface area contributed by atoms with E-state index >= 15 is 0 Å². The van der Waals surface area contributed by atoms with E-state index < -0.39 is 22.7 Å². The number of hydrogen-bond acceptors (Lipinski definition) is 4. The number of esters is 1. The van der Waals surface area contributed by atoms with Crippen molar-refractivity contribution in [3.05, 3.63) is 64.1 Å². The third-order valence-electron chi connectivity index (χ3n) is 7.38. The molecule has 0 saturated heterocycles. The Hall–Kier alpha value is -2.47. The van der Waals surface area contributed by atoms with Gasteiger partial charge in [-0.3, -0.25) is 14.4 Å². The van der Waals surface area contributed by atoms with Crippen molar-refractivity contribution in [2.75, 3.05) is 0 Å². The van der Waals surface area contributed by atoms with Crippen LogP contribution < -0.4 is 10.1 Å². The molecule has 5 nitrogen and oxygen atoms in total. The van der Waals surface area contributed by atoms with Crippen molar-refractivity contribution < 1.29 is 19.1 Å². The van der Waals surface area contributed by atoms with Crippen molar-refractivity contribution in [1.29, 1.82) is 0 Å². The van der Waals surface area contributed by atoms with Crippen molar-refractivity contribution in [3.8, 4) is 5.75 Å². The number of ketones is 1. The summed E-state index contributed by atoms with van der Waals surface area (Å²) in [6.07, 6.45) is 5.08. The van der Waals surface area contributed by atoms with E-state index in [9.17, 15) is 14.4 Å². The van der Waals surface area contributed by atoms with Crippen LogP contribution in [0.3, 0.4) is 0 Å². The first-order valence-corrected chi connectivity index (χ1v) is 11.6. The molecule has 6 heteroatoms. The predicted molar refractivity (Wildman–Crippen MR) is 119 cm³/mol. The average Bonchev–Trinajstić information content (AvgIpc) is 3.38. The minimum atomic E-state index is -1.54. The standard InChI is InChI=1S/C25H24BrNO4/c1-24(21(28)15-11-13-16(26)14-12-15)20-18-9-5-6-10-19(18)31-23(30)25(20,24)22(29)27-17-7-3-2-4-8-17/h5-6,9-14,17,20H,2-4,7-8H2,1H3,(H,27,29)/t20-,24-,25-/m0/s1.